The topological polar surface area (TPSA) is 30.9 Å². The first kappa shape index (κ1) is 15.0. The first-order valence-electron chi connectivity index (χ1n) is 7.61. The molecule has 0 saturated heterocycles. The Labute approximate surface area is 127 Å². The first-order valence-corrected chi connectivity index (χ1v) is 8.02. The summed E-state index contributed by atoms with van der Waals surface area (Å²) in [7, 11) is 0. The number of nitrogens with two attached hydrogens (primary N) is 1. The molecule has 0 bridgehead atoms. The molecule has 0 radical (unpaired) electrons. The molecular weight excluding hydrogens is 264 g/mol. The van der Waals surface area contributed by atoms with E-state index in [1.54, 1.807) is 0 Å². The minimum absolute atomic E-state index is 0.480. The van der Waals surface area contributed by atoms with Crippen molar-refractivity contribution >= 4 is 28.1 Å². The van der Waals surface area contributed by atoms with Crippen LogP contribution < -0.4 is 5.73 Å². The molecule has 0 spiro atoms. The van der Waals surface area contributed by atoms with E-state index in [1.807, 2.05) is 12.1 Å². The fourth-order valence-corrected chi connectivity index (χ4v) is 2.87. The van der Waals surface area contributed by atoms with Gasteiger partial charge in [-0.25, -0.2) is 0 Å². The normalized spacial score (nSPS) is 11.1. The van der Waals surface area contributed by atoms with Crippen molar-refractivity contribution < 1.29 is 0 Å². The summed E-state index contributed by atoms with van der Waals surface area (Å²) in [5.74, 6) is 0. The van der Waals surface area contributed by atoms with E-state index in [2.05, 4.69) is 29.8 Å². The van der Waals surface area contributed by atoms with Gasteiger partial charge in [-0.3, -0.25) is 0 Å². The molecule has 2 N–H and O–H groups in total. The van der Waals surface area contributed by atoms with E-state index in [1.165, 1.54) is 49.4 Å². The fraction of sp³-hybridized carbons (Fsp3) is 0.471. The summed E-state index contributed by atoms with van der Waals surface area (Å²) >= 11 is 5.11. The zero-order valence-electron chi connectivity index (χ0n) is 12.3. The highest BCUT2D eigenvalue weighted by Crippen LogP contribution is 2.21. The summed E-state index contributed by atoms with van der Waals surface area (Å²) in [6.45, 7) is 3.34. The van der Waals surface area contributed by atoms with Gasteiger partial charge in [0.1, 0.15) is 4.99 Å². The van der Waals surface area contributed by atoms with Crippen molar-refractivity contribution in [2.24, 2.45) is 5.73 Å². The molecule has 0 aliphatic rings. The summed E-state index contributed by atoms with van der Waals surface area (Å²) in [4.78, 5) is 0.480. The maximum Gasteiger partial charge on any atom is 0.104 e. The van der Waals surface area contributed by atoms with Gasteiger partial charge in [-0.2, -0.15) is 0 Å². The van der Waals surface area contributed by atoms with Crippen LogP contribution in [0.3, 0.4) is 0 Å². The van der Waals surface area contributed by atoms with Gasteiger partial charge < -0.3 is 10.3 Å². The lowest BCUT2D eigenvalue weighted by Crippen LogP contribution is -2.09. The third-order valence-electron chi connectivity index (χ3n) is 3.83. The van der Waals surface area contributed by atoms with Gasteiger partial charge >= 0.3 is 0 Å². The zero-order chi connectivity index (χ0) is 14.4. The molecule has 0 aliphatic carbocycles. The molecule has 0 aliphatic heterocycles. The number of hydrogen-bond donors (Lipinski definition) is 1. The van der Waals surface area contributed by atoms with E-state index in [4.69, 9.17) is 18.0 Å². The molecule has 20 heavy (non-hydrogen) atoms. The van der Waals surface area contributed by atoms with Crippen molar-refractivity contribution in [3.63, 3.8) is 0 Å². The van der Waals surface area contributed by atoms with Crippen LogP contribution in [-0.4, -0.2) is 9.56 Å². The van der Waals surface area contributed by atoms with Crippen molar-refractivity contribution in [2.75, 3.05) is 0 Å². The van der Waals surface area contributed by atoms with Gasteiger partial charge in [0.15, 0.2) is 0 Å². The fourth-order valence-electron chi connectivity index (χ4n) is 2.70. The smallest absolute Gasteiger partial charge is 0.104 e. The van der Waals surface area contributed by atoms with Crippen LogP contribution in [0.2, 0.25) is 0 Å². The minimum Gasteiger partial charge on any atom is -0.389 e. The number of unbranched alkanes of at least 4 members (excludes halogenated alkanes) is 5. The predicted molar refractivity (Wildman–Crippen MR) is 91.2 cm³/mol. The van der Waals surface area contributed by atoms with Crippen LogP contribution in [0.1, 0.15) is 51.0 Å². The van der Waals surface area contributed by atoms with E-state index < -0.39 is 0 Å². The second-order valence-corrected chi connectivity index (χ2v) is 5.82. The molecule has 108 valence electrons. The SMILES string of the molecule is CCCCCCCCn1ccc2c(C(N)=S)cccc21. The van der Waals surface area contributed by atoms with Gasteiger partial charge in [-0.05, 0) is 18.6 Å². The van der Waals surface area contributed by atoms with E-state index in [-0.39, 0.29) is 0 Å². The molecule has 2 nitrogen and oxygen atoms in total. The summed E-state index contributed by atoms with van der Waals surface area (Å²) in [6, 6.07) is 8.31. The number of aromatic nitrogens is 1. The molecule has 0 atom stereocenters. The third-order valence-corrected chi connectivity index (χ3v) is 4.05. The number of fused-ring (bicyclic) bond motifs is 1. The molecular formula is C17H24N2S. The van der Waals surface area contributed by atoms with Crippen LogP contribution in [0, 0.1) is 0 Å². The molecule has 1 heterocycles. The maximum atomic E-state index is 5.78. The van der Waals surface area contributed by atoms with Crippen molar-refractivity contribution in [3.8, 4) is 0 Å². The first-order chi connectivity index (χ1) is 9.74. The van der Waals surface area contributed by atoms with Crippen molar-refractivity contribution in [1.29, 1.82) is 0 Å². The summed E-state index contributed by atoms with van der Waals surface area (Å²) in [5, 5.41) is 1.17. The van der Waals surface area contributed by atoms with Crippen LogP contribution in [-0.2, 0) is 6.54 Å². The van der Waals surface area contributed by atoms with Gasteiger partial charge in [0.05, 0.1) is 0 Å². The maximum absolute atomic E-state index is 5.78. The van der Waals surface area contributed by atoms with Crippen LogP contribution in [0.25, 0.3) is 10.9 Å². The summed E-state index contributed by atoms with van der Waals surface area (Å²) in [5.41, 5.74) is 8.00. The van der Waals surface area contributed by atoms with Gasteiger partial charge in [0.2, 0.25) is 0 Å². The number of aryl methyl sites for hydroxylation is 1. The molecule has 0 saturated carbocycles. The largest absolute Gasteiger partial charge is 0.389 e. The molecule has 1 aromatic carbocycles. The molecule has 1 aromatic heterocycles. The molecule has 0 fully saturated rings. The van der Waals surface area contributed by atoms with Gasteiger partial charge in [0, 0.05) is 29.2 Å². The molecule has 2 rings (SSSR count). The minimum atomic E-state index is 0.480. The average molecular weight is 288 g/mol. The molecule has 0 unspecified atom stereocenters. The predicted octanol–water partition coefficient (Wildman–Crippen LogP) is 4.64. The monoisotopic (exact) mass is 288 g/mol. The quantitative estimate of drug-likeness (QED) is 0.567. The lowest BCUT2D eigenvalue weighted by atomic mass is 10.1. The Morgan fingerprint density at radius 2 is 1.85 bits per heavy atom. The lowest BCUT2D eigenvalue weighted by Gasteiger charge is -2.07. The number of nitrogens with zero attached hydrogens (tertiary/aromatic N) is 1. The van der Waals surface area contributed by atoms with Crippen LogP contribution in [0.4, 0.5) is 0 Å². The Morgan fingerprint density at radius 1 is 1.10 bits per heavy atom. The standard InChI is InChI=1S/C17H24N2S/c1-2-3-4-5-6-7-12-19-13-11-14-15(17(18)20)9-8-10-16(14)19/h8-11,13H,2-7,12H2,1H3,(H2,18,20). The molecule has 3 heteroatoms. The number of thiocarbonyl (C=S) groups is 1. The second kappa shape index (κ2) is 7.44. The highest BCUT2D eigenvalue weighted by atomic mass is 32.1. The van der Waals surface area contributed by atoms with Gasteiger partial charge in [0.25, 0.3) is 0 Å². The van der Waals surface area contributed by atoms with Gasteiger partial charge in [-0.15, -0.1) is 0 Å². The lowest BCUT2D eigenvalue weighted by molar-refractivity contribution is 0.565. The Bertz CT molecular complexity index is 571. The molecule has 0 amide bonds. The van der Waals surface area contributed by atoms with Crippen molar-refractivity contribution in [3.05, 3.63) is 36.0 Å². The van der Waals surface area contributed by atoms with E-state index >= 15 is 0 Å². The molecule has 2 aromatic rings. The third kappa shape index (κ3) is 3.60. The van der Waals surface area contributed by atoms with Crippen molar-refractivity contribution in [1.82, 2.24) is 4.57 Å². The summed E-state index contributed by atoms with van der Waals surface area (Å²) < 4.78 is 2.32. The number of hydrogen-bond acceptors (Lipinski definition) is 1. The van der Waals surface area contributed by atoms with E-state index in [0.717, 1.165) is 12.1 Å². The summed E-state index contributed by atoms with van der Waals surface area (Å²) in [6.07, 6.45) is 10.1. The highest BCUT2D eigenvalue weighted by molar-refractivity contribution is 7.80. The Hall–Kier alpha value is -1.35. The second-order valence-electron chi connectivity index (χ2n) is 5.38. The van der Waals surface area contributed by atoms with E-state index in [9.17, 15) is 0 Å². The Kier molecular flexibility index (Phi) is 5.60. The number of rotatable bonds is 8. The Morgan fingerprint density at radius 3 is 2.60 bits per heavy atom. The van der Waals surface area contributed by atoms with E-state index in [0.29, 0.717) is 4.99 Å². The van der Waals surface area contributed by atoms with Crippen LogP contribution >= 0.6 is 12.2 Å². The average Bonchev–Trinajstić information content (AvgIpc) is 2.85. The number of benzene rings is 1. The van der Waals surface area contributed by atoms with Crippen molar-refractivity contribution in [2.45, 2.75) is 52.0 Å². The van der Waals surface area contributed by atoms with Crippen LogP contribution in [0.5, 0.6) is 0 Å². The highest BCUT2D eigenvalue weighted by Gasteiger charge is 2.06. The van der Waals surface area contributed by atoms with Crippen LogP contribution in [0.15, 0.2) is 30.5 Å². The van der Waals surface area contributed by atoms with Gasteiger partial charge in [-0.1, -0.05) is 63.4 Å². The zero-order valence-corrected chi connectivity index (χ0v) is 13.1. The Balaban J connectivity index is 1.98.